The highest BCUT2D eigenvalue weighted by Gasteiger charge is 2.22. The Hall–Kier alpha value is -2.26. The van der Waals surface area contributed by atoms with Crippen LogP contribution in [0.15, 0.2) is 45.2 Å². The first-order valence-corrected chi connectivity index (χ1v) is 9.25. The Bertz CT molecular complexity index is 904. The molecular formula is C15H13N5O2S2. The summed E-state index contributed by atoms with van der Waals surface area (Å²) >= 11 is 3.01. The molecule has 0 atom stereocenters. The van der Waals surface area contributed by atoms with Gasteiger partial charge in [-0.15, -0.1) is 0 Å². The number of carbonyl (C=O) groups is 1. The Morgan fingerprint density at radius 1 is 1.42 bits per heavy atom. The van der Waals surface area contributed by atoms with Crippen molar-refractivity contribution in [2.24, 2.45) is 4.99 Å². The minimum atomic E-state index is -0.271. The Labute approximate surface area is 145 Å². The Kier molecular flexibility index (Phi) is 4.26. The molecule has 0 spiro atoms. The number of rotatable bonds is 4. The molecule has 3 heterocycles. The van der Waals surface area contributed by atoms with E-state index in [1.807, 2.05) is 24.3 Å². The number of nitrogens with one attached hydrogen (secondary N) is 2. The van der Waals surface area contributed by atoms with Gasteiger partial charge in [0.15, 0.2) is 16.1 Å². The molecule has 1 amide bonds. The van der Waals surface area contributed by atoms with Crippen LogP contribution >= 0.6 is 23.5 Å². The number of benzene rings is 1. The number of furan rings is 1. The van der Waals surface area contributed by atoms with Crippen LogP contribution in [0.2, 0.25) is 0 Å². The van der Waals surface area contributed by atoms with Gasteiger partial charge in [0, 0.05) is 22.5 Å². The summed E-state index contributed by atoms with van der Waals surface area (Å²) in [4.78, 5) is 21.0. The van der Waals surface area contributed by atoms with E-state index in [-0.39, 0.29) is 5.91 Å². The second-order valence-corrected chi connectivity index (χ2v) is 7.02. The maximum absolute atomic E-state index is 12.6. The van der Waals surface area contributed by atoms with Crippen molar-refractivity contribution in [2.75, 3.05) is 12.3 Å². The van der Waals surface area contributed by atoms with Crippen LogP contribution in [0, 0.1) is 0 Å². The monoisotopic (exact) mass is 359 g/mol. The fourth-order valence-corrected chi connectivity index (χ4v) is 3.92. The summed E-state index contributed by atoms with van der Waals surface area (Å²) in [6, 6.07) is 7.63. The summed E-state index contributed by atoms with van der Waals surface area (Å²) in [5.41, 5.74) is 1.53. The maximum atomic E-state index is 12.6. The topological polar surface area (TPSA) is 96.2 Å². The number of aromatic amines is 1. The zero-order chi connectivity index (χ0) is 16.4. The van der Waals surface area contributed by atoms with E-state index in [0.717, 1.165) is 23.2 Å². The SMILES string of the molecule is O=C(NC1=NCCS1)c1oc2ccccc2c1CSc1ncn[nH]1. The van der Waals surface area contributed by atoms with Gasteiger partial charge in [-0.3, -0.25) is 20.2 Å². The fourth-order valence-electron chi connectivity index (χ4n) is 2.39. The normalized spacial score (nSPS) is 14.1. The van der Waals surface area contributed by atoms with Crippen LogP contribution in [-0.4, -0.2) is 38.6 Å². The van der Waals surface area contributed by atoms with Gasteiger partial charge in [0.1, 0.15) is 11.9 Å². The minimum absolute atomic E-state index is 0.271. The van der Waals surface area contributed by atoms with Crippen molar-refractivity contribution >= 4 is 45.6 Å². The molecule has 24 heavy (non-hydrogen) atoms. The molecule has 7 nitrogen and oxygen atoms in total. The zero-order valence-corrected chi connectivity index (χ0v) is 14.1. The predicted molar refractivity (Wildman–Crippen MR) is 94.4 cm³/mol. The molecule has 0 aliphatic carbocycles. The molecule has 122 valence electrons. The molecule has 0 unspecified atom stereocenters. The number of para-hydroxylation sites is 1. The van der Waals surface area contributed by atoms with Gasteiger partial charge in [0.2, 0.25) is 0 Å². The van der Waals surface area contributed by atoms with Crippen LogP contribution in [0.5, 0.6) is 0 Å². The maximum Gasteiger partial charge on any atom is 0.293 e. The number of nitrogens with zero attached hydrogens (tertiary/aromatic N) is 3. The van der Waals surface area contributed by atoms with E-state index in [1.165, 1.54) is 29.9 Å². The lowest BCUT2D eigenvalue weighted by Crippen LogP contribution is -2.27. The Morgan fingerprint density at radius 2 is 2.33 bits per heavy atom. The van der Waals surface area contributed by atoms with Crippen molar-refractivity contribution in [2.45, 2.75) is 10.9 Å². The number of aliphatic imine (C=N–C) groups is 1. The van der Waals surface area contributed by atoms with E-state index in [2.05, 4.69) is 25.5 Å². The summed E-state index contributed by atoms with van der Waals surface area (Å²) in [5.74, 6) is 1.49. The lowest BCUT2D eigenvalue weighted by Gasteiger charge is -2.04. The third-order valence-electron chi connectivity index (χ3n) is 3.46. The molecular weight excluding hydrogens is 346 g/mol. The first-order valence-electron chi connectivity index (χ1n) is 7.28. The number of H-pyrrole nitrogens is 1. The number of fused-ring (bicyclic) bond motifs is 1. The molecule has 0 bridgehead atoms. The third-order valence-corrected chi connectivity index (χ3v) is 5.25. The van der Waals surface area contributed by atoms with Crippen LogP contribution in [0.1, 0.15) is 16.1 Å². The lowest BCUT2D eigenvalue weighted by atomic mass is 10.1. The van der Waals surface area contributed by atoms with E-state index in [4.69, 9.17) is 4.42 Å². The Morgan fingerprint density at radius 3 is 3.12 bits per heavy atom. The lowest BCUT2D eigenvalue weighted by molar-refractivity contribution is 0.0952. The first-order chi connectivity index (χ1) is 11.8. The number of hydrogen-bond donors (Lipinski definition) is 2. The second-order valence-electron chi connectivity index (χ2n) is 4.97. The van der Waals surface area contributed by atoms with Gasteiger partial charge < -0.3 is 4.42 Å². The summed E-state index contributed by atoms with van der Waals surface area (Å²) < 4.78 is 5.81. The molecule has 2 N–H and O–H groups in total. The first kappa shape index (κ1) is 15.3. The quantitative estimate of drug-likeness (QED) is 0.695. The van der Waals surface area contributed by atoms with E-state index in [0.29, 0.717) is 27.4 Å². The molecule has 3 aromatic rings. The van der Waals surface area contributed by atoms with Crippen LogP contribution < -0.4 is 5.32 Å². The van der Waals surface area contributed by atoms with Crippen molar-refractivity contribution in [1.82, 2.24) is 20.5 Å². The largest absolute Gasteiger partial charge is 0.451 e. The fraction of sp³-hybridized carbons (Fsp3) is 0.200. The van der Waals surface area contributed by atoms with Crippen LogP contribution in [0.4, 0.5) is 0 Å². The molecule has 0 radical (unpaired) electrons. The molecule has 0 saturated carbocycles. The number of carbonyl (C=O) groups excluding carboxylic acids is 1. The summed E-state index contributed by atoms with van der Waals surface area (Å²) in [6.07, 6.45) is 1.46. The second kappa shape index (κ2) is 6.70. The van der Waals surface area contributed by atoms with Gasteiger partial charge in [0.25, 0.3) is 5.91 Å². The third kappa shape index (κ3) is 3.04. The van der Waals surface area contributed by atoms with Gasteiger partial charge in [-0.25, -0.2) is 4.98 Å². The number of amidine groups is 1. The number of thioether (sulfide) groups is 2. The zero-order valence-electron chi connectivity index (χ0n) is 12.5. The number of amides is 1. The van der Waals surface area contributed by atoms with Crippen molar-refractivity contribution in [3.05, 3.63) is 41.9 Å². The van der Waals surface area contributed by atoms with E-state index in [9.17, 15) is 4.79 Å². The molecule has 2 aromatic heterocycles. The van der Waals surface area contributed by atoms with Crippen molar-refractivity contribution in [3.8, 4) is 0 Å². The molecule has 0 fully saturated rings. The standard InChI is InChI=1S/C15H13N5O2S2/c21-13(19-14-16-5-6-23-14)12-10(7-24-15-17-8-18-20-15)9-3-1-2-4-11(9)22-12/h1-4,8H,5-7H2,(H,16,19,21)(H,17,18,20). The molecule has 4 rings (SSSR count). The summed E-state index contributed by atoms with van der Waals surface area (Å²) in [5, 5.41) is 11.7. The summed E-state index contributed by atoms with van der Waals surface area (Å²) in [6.45, 7) is 0.731. The van der Waals surface area contributed by atoms with Crippen LogP contribution in [0.25, 0.3) is 11.0 Å². The highest BCUT2D eigenvalue weighted by atomic mass is 32.2. The predicted octanol–water partition coefficient (Wildman–Crippen LogP) is 2.68. The van der Waals surface area contributed by atoms with E-state index < -0.39 is 0 Å². The molecule has 1 aromatic carbocycles. The highest BCUT2D eigenvalue weighted by Crippen LogP contribution is 2.31. The van der Waals surface area contributed by atoms with Gasteiger partial charge in [-0.2, -0.15) is 5.10 Å². The molecule has 1 aliphatic heterocycles. The van der Waals surface area contributed by atoms with E-state index in [1.54, 1.807) is 0 Å². The average molecular weight is 359 g/mol. The van der Waals surface area contributed by atoms with Gasteiger partial charge in [-0.05, 0) is 6.07 Å². The minimum Gasteiger partial charge on any atom is -0.451 e. The van der Waals surface area contributed by atoms with E-state index >= 15 is 0 Å². The van der Waals surface area contributed by atoms with Crippen LogP contribution in [-0.2, 0) is 5.75 Å². The number of aromatic nitrogens is 3. The highest BCUT2D eigenvalue weighted by molar-refractivity contribution is 8.14. The molecule has 0 saturated heterocycles. The van der Waals surface area contributed by atoms with Crippen LogP contribution in [0.3, 0.4) is 0 Å². The Balaban J connectivity index is 1.65. The average Bonchev–Trinajstić information content (AvgIpc) is 3.33. The van der Waals surface area contributed by atoms with Crippen molar-refractivity contribution in [3.63, 3.8) is 0 Å². The number of hydrogen-bond acceptors (Lipinski definition) is 7. The van der Waals surface area contributed by atoms with Gasteiger partial charge >= 0.3 is 0 Å². The van der Waals surface area contributed by atoms with Gasteiger partial charge in [-0.1, -0.05) is 41.7 Å². The summed E-state index contributed by atoms with van der Waals surface area (Å²) in [7, 11) is 0. The molecule has 9 heteroatoms. The molecule has 1 aliphatic rings. The van der Waals surface area contributed by atoms with Crippen molar-refractivity contribution in [1.29, 1.82) is 0 Å². The smallest absolute Gasteiger partial charge is 0.293 e. The van der Waals surface area contributed by atoms with Crippen molar-refractivity contribution < 1.29 is 9.21 Å². The van der Waals surface area contributed by atoms with Gasteiger partial charge in [0.05, 0.1) is 6.54 Å².